The molecule has 2 unspecified atom stereocenters. The summed E-state index contributed by atoms with van der Waals surface area (Å²) in [5.41, 5.74) is 0. The highest BCUT2D eigenvalue weighted by Crippen LogP contribution is 2.27. The summed E-state index contributed by atoms with van der Waals surface area (Å²) in [7, 11) is 1.75. The van der Waals surface area contributed by atoms with Crippen molar-refractivity contribution in [2.45, 2.75) is 50.3 Å². The number of carbonyl (C=O) groups is 1. The number of carbonyl (C=O) groups excluding carboxylic acids is 1. The van der Waals surface area contributed by atoms with Gasteiger partial charge in [0.15, 0.2) is 0 Å². The number of ether oxygens (including phenoxy) is 1. The molecule has 114 valence electrons. The zero-order chi connectivity index (χ0) is 13.9. The van der Waals surface area contributed by atoms with E-state index in [1.807, 2.05) is 4.90 Å². The second-order valence-electron chi connectivity index (χ2n) is 6.31. The molecule has 0 aromatic rings. The fraction of sp³-hybridized carbons (Fsp3) is 0.933. The summed E-state index contributed by atoms with van der Waals surface area (Å²) >= 11 is 0. The van der Waals surface area contributed by atoms with Crippen LogP contribution in [-0.4, -0.2) is 73.7 Å². The van der Waals surface area contributed by atoms with Gasteiger partial charge in [0.2, 0.25) is 5.91 Å². The van der Waals surface area contributed by atoms with Crippen LogP contribution in [0.5, 0.6) is 0 Å². The molecule has 1 N–H and O–H groups in total. The zero-order valence-electron chi connectivity index (χ0n) is 12.5. The predicted octanol–water partition coefficient (Wildman–Crippen LogP) is 0.450. The average molecular weight is 281 g/mol. The number of amides is 1. The highest BCUT2D eigenvalue weighted by Gasteiger charge is 2.39. The molecule has 2 atom stereocenters. The van der Waals surface area contributed by atoms with Crippen LogP contribution in [-0.2, 0) is 9.53 Å². The molecule has 3 aliphatic rings. The summed E-state index contributed by atoms with van der Waals surface area (Å²) < 4.78 is 5.38. The molecule has 0 aliphatic carbocycles. The van der Waals surface area contributed by atoms with E-state index in [0.29, 0.717) is 11.9 Å². The minimum Gasteiger partial charge on any atom is -0.380 e. The molecule has 0 radical (unpaired) electrons. The Morgan fingerprint density at radius 2 is 1.95 bits per heavy atom. The van der Waals surface area contributed by atoms with Gasteiger partial charge in [-0.3, -0.25) is 9.69 Å². The van der Waals surface area contributed by atoms with Crippen LogP contribution in [0.2, 0.25) is 0 Å². The average Bonchev–Trinajstić information content (AvgIpc) is 3.16. The lowest BCUT2D eigenvalue weighted by Gasteiger charge is -2.36. The molecule has 3 fully saturated rings. The highest BCUT2D eigenvalue weighted by atomic mass is 16.5. The molecule has 0 spiro atoms. The smallest absolute Gasteiger partial charge is 0.240 e. The summed E-state index contributed by atoms with van der Waals surface area (Å²) in [6.45, 7) is 4.94. The molecule has 3 heterocycles. The molecule has 3 rings (SSSR count). The van der Waals surface area contributed by atoms with E-state index in [2.05, 4.69) is 10.2 Å². The first-order valence-corrected chi connectivity index (χ1v) is 8.07. The second kappa shape index (κ2) is 6.41. The largest absolute Gasteiger partial charge is 0.380 e. The van der Waals surface area contributed by atoms with Crippen molar-refractivity contribution in [2.24, 2.45) is 0 Å². The summed E-state index contributed by atoms with van der Waals surface area (Å²) in [5, 5.41) is 3.41. The van der Waals surface area contributed by atoms with E-state index in [-0.39, 0.29) is 12.1 Å². The number of methoxy groups -OCH3 is 1. The summed E-state index contributed by atoms with van der Waals surface area (Å²) in [6.07, 6.45) is 5.81. The summed E-state index contributed by atoms with van der Waals surface area (Å²) in [6, 6.07) is 0.738. The number of likely N-dealkylation sites (tertiary alicyclic amines) is 2. The van der Waals surface area contributed by atoms with Crippen molar-refractivity contribution in [3.63, 3.8) is 0 Å². The van der Waals surface area contributed by atoms with Gasteiger partial charge in [-0.2, -0.15) is 0 Å². The van der Waals surface area contributed by atoms with Crippen LogP contribution in [0.1, 0.15) is 32.1 Å². The maximum absolute atomic E-state index is 12.8. The molecule has 0 saturated carbocycles. The van der Waals surface area contributed by atoms with Gasteiger partial charge in [0.25, 0.3) is 0 Å². The Labute approximate surface area is 121 Å². The van der Waals surface area contributed by atoms with Gasteiger partial charge in [-0.25, -0.2) is 0 Å². The fourth-order valence-corrected chi connectivity index (χ4v) is 3.96. The van der Waals surface area contributed by atoms with Crippen LogP contribution in [0.15, 0.2) is 0 Å². The van der Waals surface area contributed by atoms with Crippen LogP contribution < -0.4 is 5.32 Å². The van der Waals surface area contributed by atoms with Crippen LogP contribution in [0.25, 0.3) is 0 Å². The molecule has 20 heavy (non-hydrogen) atoms. The molecule has 1 amide bonds. The highest BCUT2D eigenvalue weighted by molar-refractivity contribution is 5.82. The first-order chi connectivity index (χ1) is 9.79. The molecular weight excluding hydrogens is 254 g/mol. The Balaban J connectivity index is 1.61. The minimum absolute atomic E-state index is 0.133. The van der Waals surface area contributed by atoms with E-state index >= 15 is 0 Å². The van der Waals surface area contributed by atoms with Crippen molar-refractivity contribution in [3.05, 3.63) is 0 Å². The van der Waals surface area contributed by atoms with Crippen LogP contribution in [0.3, 0.4) is 0 Å². The first-order valence-electron chi connectivity index (χ1n) is 8.07. The van der Waals surface area contributed by atoms with Gasteiger partial charge in [0.1, 0.15) is 0 Å². The third kappa shape index (κ3) is 2.85. The maximum atomic E-state index is 12.8. The van der Waals surface area contributed by atoms with Crippen molar-refractivity contribution < 1.29 is 9.53 Å². The lowest BCUT2D eigenvalue weighted by Crippen LogP contribution is -2.51. The third-order valence-electron chi connectivity index (χ3n) is 5.15. The number of nitrogens with zero attached hydrogens (tertiary/aromatic N) is 2. The molecule has 0 aromatic heterocycles. The van der Waals surface area contributed by atoms with E-state index in [1.165, 1.54) is 19.3 Å². The molecule has 5 heteroatoms. The van der Waals surface area contributed by atoms with E-state index in [1.54, 1.807) is 7.11 Å². The molecule has 0 bridgehead atoms. The topological polar surface area (TPSA) is 44.8 Å². The van der Waals surface area contributed by atoms with Gasteiger partial charge in [0, 0.05) is 26.2 Å². The Bertz CT molecular complexity index is 344. The van der Waals surface area contributed by atoms with Crippen LogP contribution >= 0.6 is 0 Å². The van der Waals surface area contributed by atoms with Gasteiger partial charge in [0.05, 0.1) is 12.1 Å². The summed E-state index contributed by atoms with van der Waals surface area (Å²) in [5.74, 6) is 0.348. The van der Waals surface area contributed by atoms with Crippen molar-refractivity contribution >= 4 is 5.91 Å². The Kier molecular flexibility index (Phi) is 4.58. The normalized spacial score (nSPS) is 33.0. The van der Waals surface area contributed by atoms with E-state index in [4.69, 9.17) is 4.74 Å². The Morgan fingerprint density at radius 1 is 1.15 bits per heavy atom. The lowest BCUT2D eigenvalue weighted by molar-refractivity contribution is -0.136. The fourth-order valence-electron chi connectivity index (χ4n) is 3.96. The third-order valence-corrected chi connectivity index (χ3v) is 5.15. The molecule has 3 aliphatic heterocycles. The zero-order valence-corrected chi connectivity index (χ0v) is 12.5. The number of nitrogens with one attached hydrogen (secondary N) is 1. The van der Waals surface area contributed by atoms with Crippen molar-refractivity contribution in [1.82, 2.24) is 15.1 Å². The second-order valence-corrected chi connectivity index (χ2v) is 6.31. The maximum Gasteiger partial charge on any atom is 0.240 e. The molecule has 0 aromatic carbocycles. The van der Waals surface area contributed by atoms with E-state index in [0.717, 1.165) is 45.6 Å². The minimum atomic E-state index is 0.133. The quantitative estimate of drug-likeness (QED) is 0.816. The van der Waals surface area contributed by atoms with Gasteiger partial charge in [-0.15, -0.1) is 0 Å². The van der Waals surface area contributed by atoms with E-state index < -0.39 is 0 Å². The first kappa shape index (κ1) is 14.3. The monoisotopic (exact) mass is 281 g/mol. The van der Waals surface area contributed by atoms with Gasteiger partial charge >= 0.3 is 0 Å². The summed E-state index contributed by atoms with van der Waals surface area (Å²) in [4.78, 5) is 17.3. The standard InChI is InChI=1S/C15H27N3O2/c1-20-13-6-10-17(11-13)15(19)14-3-2-9-18(14)12-4-7-16-8-5-12/h12-14,16H,2-11H2,1H3. The van der Waals surface area contributed by atoms with Gasteiger partial charge in [-0.1, -0.05) is 0 Å². The van der Waals surface area contributed by atoms with Crippen molar-refractivity contribution in [3.8, 4) is 0 Å². The van der Waals surface area contributed by atoms with Crippen molar-refractivity contribution in [2.75, 3.05) is 39.8 Å². The van der Waals surface area contributed by atoms with Crippen LogP contribution in [0.4, 0.5) is 0 Å². The number of hydrogen-bond acceptors (Lipinski definition) is 4. The molecule has 5 nitrogen and oxygen atoms in total. The predicted molar refractivity (Wildman–Crippen MR) is 77.6 cm³/mol. The molecular formula is C15H27N3O2. The van der Waals surface area contributed by atoms with E-state index in [9.17, 15) is 4.79 Å². The number of piperidine rings is 1. The molecule has 3 saturated heterocycles. The Hall–Kier alpha value is -0.650. The Morgan fingerprint density at radius 3 is 2.65 bits per heavy atom. The number of rotatable bonds is 3. The lowest BCUT2D eigenvalue weighted by atomic mass is 10.0. The van der Waals surface area contributed by atoms with Crippen molar-refractivity contribution in [1.29, 1.82) is 0 Å². The van der Waals surface area contributed by atoms with Gasteiger partial charge in [-0.05, 0) is 51.7 Å². The van der Waals surface area contributed by atoms with Crippen LogP contribution in [0, 0.1) is 0 Å². The number of hydrogen-bond donors (Lipinski definition) is 1. The van der Waals surface area contributed by atoms with Gasteiger partial charge < -0.3 is 15.0 Å². The SMILES string of the molecule is COC1CCN(C(=O)C2CCCN2C2CCNCC2)C1.